The van der Waals surface area contributed by atoms with Crippen molar-refractivity contribution in [3.8, 4) is 0 Å². The molecule has 1 unspecified atom stereocenters. The molecule has 0 aromatic heterocycles. The van der Waals surface area contributed by atoms with Gasteiger partial charge >= 0.3 is 0 Å². The molecule has 2 rings (SSSR count). The van der Waals surface area contributed by atoms with Gasteiger partial charge in [-0.3, -0.25) is 0 Å². The van der Waals surface area contributed by atoms with E-state index in [9.17, 15) is 4.39 Å². The van der Waals surface area contributed by atoms with Gasteiger partial charge in [0.05, 0.1) is 5.02 Å². The topological polar surface area (TPSA) is 12.0 Å². The van der Waals surface area contributed by atoms with Crippen LogP contribution in [0.4, 0.5) is 4.39 Å². The first-order valence-electron chi connectivity index (χ1n) is 6.44. The fourth-order valence-corrected chi connectivity index (χ4v) is 2.73. The number of benzene rings is 2. The van der Waals surface area contributed by atoms with Crippen molar-refractivity contribution in [1.82, 2.24) is 5.32 Å². The molecular formula is C16H16BrClFN. The number of halogens is 3. The lowest BCUT2D eigenvalue weighted by Gasteiger charge is -2.21. The highest BCUT2D eigenvalue weighted by Gasteiger charge is 2.12. The summed E-state index contributed by atoms with van der Waals surface area (Å²) in [5, 5.41) is 3.64. The molecule has 0 aliphatic rings. The van der Waals surface area contributed by atoms with Gasteiger partial charge in [0.1, 0.15) is 5.82 Å². The second-order valence-corrected chi connectivity index (χ2v) is 6.16. The molecule has 4 heteroatoms. The Morgan fingerprint density at radius 2 is 1.70 bits per heavy atom. The molecule has 0 fully saturated rings. The normalized spacial score (nSPS) is 14.1. The Morgan fingerprint density at radius 1 is 1.05 bits per heavy atom. The van der Waals surface area contributed by atoms with Gasteiger partial charge in [-0.05, 0) is 49.2 Å². The Balaban J connectivity index is 2.10. The second kappa shape index (κ2) is 6.70. The molecule has 0 spiro atoms. The van der Waals surface area contributed by atoms with Gasteiger partial charge in [0.15, 0.2) is 0 Å². The third-order valence-corrected chi connectivity index (χ3v) is 4.08. The standard InChI is InChI=1S/C16H16BrClFN/c1-10(12-4-3-5-14(17)8-12)20-11(2)13-6-7-16(19)15(18)9-13/h3-11,20H,1-2H3/t10-,11?/m1/s1. The molecular weight excluding hydrogens is 341 g/mol. The lowest BCUT2D eigenvalue weighted by Crippen LogP contribution is -2.22. The van der Waals surface area contributed by atoms with Crippen LogP contribution in [0.15, 0.2) is 46.9 Å². The minimum absolute atomic E-state index is 0.0853. The quantitative estimate of drug-likeness (QED) is 0.746. The van der Waals surface area contributed by atoms with Crippen LogP contribution in [0.25, 0.3) is 0 Å². The number of rotatable bonds is 4. The van der Waals surface area contributed by atoms with Crippen molar-refractivity contribution in [3.05, 3.63) is 68.9 Å². The highest BCUT2D eigenvalue weighted by Crippen LogP contribution is 2.24. The van der Waals surface area contributed by atoms with Crippen LogP contribution in [0.3, 0.4) is 0 Å². The molecule has 0 bridgehead atoms. The van der Waals surface area contributed by atoms with Crippen molar-refractivity contribution in [2.75, 3.05) is 0 Å². The fourth-order valence-electron chi connectivity index (χ4n) is 2.13. The molecule has 1 nitrogen and oxygen atoms in total. The van der Waals surface area contributed by atoms with Crippen LogP contribution >= 0.6 is 27.5 Å². The van der Waals surface area contributed by atoms with Gasteiger partial charge in [-0.1, -0.05) is 45.7 Å². The third kappa shape index (κ3) is 3.81. The van der Waals surface area contributed by atoms with E-state index in [1.807, 2.05) is 19.1 Å². The summed E-state index contributed by atoms with van der Waals surface area (Å²) in [6, 6.07) is 13.3. The highest BCUT2D eigenvalue weighted by molar-refractivity contribution is 9.10. The SMILES string of the molecule is CC(N[C@H](C)c1cccc(Br)c1)c1ccc(F)c(Cl)c1. The molecule has 0 aliphatic heterocycles. The molecule has 0 saturated heterocycles. The number of nitrogens with one attached hydrogen (secondary N) is 1. The summed E-state index contributed by atoms with van der Waals surface area (Å²) in [4.78, 5) is 0. The monoisotopic (exact) mass is 355 g/mol. The van der Waals surface area contributed by atoms with E-state index in [1.165, 1.54) is 11.6 Å². The van der Waals surface area contributed by atoms with Gasteiger partial charge in [0, 0.05) is 16.6 Å². The van der Waals surface area contributed by atoms with Gasteiger partial charge in [-0.25, -0.2) is 4.39 Å². The van der Waals surface area contributed by atoms with Crippen LogP contribution in [0, 0.1) is 5.82 Å². The summed E-state index contributed by atoms with van der Waals surface area (Å²) in [6.45, 7) is 4.14. The first-order valence-corrected chi connectivity index (χ1v) is 7.61. The second-order valence-electron chi connectivity index (χ2n) is 4.84. The van der Waals surface area contributed by atoms with Gasteiger partial charge in [-0.2, -0.15) is 0 Å². The van der Waals surface area contributed by atoms with Crippen molar-refractivity contribution in [2.45, 2.75) is 25.9 Å². The lowest BCUT2D eigenvalue weighted by atomic mass is 10.0. The smallest absolute Gasteiger partial charge is 0.141 e. The third-order valence-electron chi connectivity index (χ3n) is 3.29. The molecule has 1 N–H and O–H groups in total. The maximum Gasteiger partial charge on any atom is 0.141 e. The van der Waals surface area contributed by atoms with Crippen molar-refractivity contribution in [3.63, 3.8) is 0 Å². The Hall–Kier alpha value is -0.900. The van der Waals surface area contributed by atoms with E-state index in [0.29, 0.717) is 0 Å². The van der Waals surface area contributed by atoms with Gasteiger partial charge in [-0.15, -0.1) is 0 Å². The van der Waals surface area contributed by atoms with Crippen molar-refractivity contribution >= 4 is 27.5 Å². The summed E-state index contributed by atoms with van der Waals surface area (Å²) < 4.78 is 14.2. The van der Waals surface area contributed by atoms with E-state index in [2.05, 4.69) is 40.3 Å². The lowest BCUT2D eigenvalue weighted by molar-refractivity contribution is 0.494. The predicted molar refractivity (Wildman–Crippen MR) is 85.5 cm³/mol. The molecule has 2 aromatic carbocycles. The molecule has 0 amide bonds. The number of hydrogen-bond acceptors (Lipinski definition) is 1. The Morgan fingerprint density at radius 3 is 2.30 bits per heavy atom. The highest BCUT2D eigenvalue weighted by atomic mass is 79.9. The minimum atomic E-state index is -0.386. The Labute approximate surface area is 132 Å². The fraction of sp³-hybridized carbons (Fsp3) is 0.250. The summed E-state index contributed by atoms with van der Waals surface area (Å²) in [6.07, 6.45) is 0. The number of hydrogen-bond donors (Lipinski definition) is 1. The summed E-state index contributed by atoms with van der Waals surface area (Å²) in [7, 11) is 0. The van der Waals surface area contributed by atoms with Crippen LogP contribution in [0.1, 0.15) is 37.1 Å². The maximum atomic E-state index is 13.2. The molecule has 0 aliphatic carbocycles. The Kier molecular flexibility index (Phi) is 5.19. The molecule has 106 valence electrons. The summed E-state index contributed by atoms with van der Waals surface area (Å²) >= 11 is 9.30. The predicted octanol–water partition coefficient (Wildman–Crippen LogP) is 5.65. The van der Waals surface area contributed by atoms with Crippen LogP contribution in [-0.2, 0) is 0 Å². The van der Waals surface area contributed by atoms with Gasteiger partial charge in [0.25, 0.3) is 0 Å². The van der Waals surface area contributed by atoms with Crippen LogP contribution in [-0.4, -0.2) is 0 Å². The van der Waals surface area contributed by atoms with E-state index in [0.717, 1.165) is 10.0 Å². The zero-order chi connectivity index (χ0) is 14.7. The molecule has 0 saturated carbocycles. The zero-order valence-corrected chi connectivity index (χ0v) is 13.7. The van der Waals surface area contributed by atoms with Crippen molar-refractivity contribution < 1.29 is 4.39 Å². The average Bonchev–Trinajstić information content (AvgIpc) is 2.41. The summed E-state index contributed by atoms with van der Waals surface area (Å²) in [5.41, 5.74) is 2.16. The van der Waals surface area contributed by atoms with Crippen molar-refractivity contribution in [2.24, 2.45) is 0 Å². The largest absolute Gasteiger partial charge is 0.304 e. The first kappa shape index (κ1) is 15.5. The van der Waals surface area contributed by atoms with Gasteiger partial charge in [0.2, 0.25) is 0 Å². The zero-order valence-electron chi connectivity index (χ0n) is 11.3. The summed E-state index contributed by atoms with van der Waals surface area (Å²) in [5.74, 6) is -0.386. The van der Waals surface area contributed by atoms with E-state index < -0.39 is 0 Å². The molecule has 2 aromatic rings. The molecule has 0 radical (unpaired) electrons. The molecule has 20 heavy (non-hydrogen) atoms. The Bertz CT molecular complexity index is 603. The van der Waals surface area contributed by atoms with E-state index in [4.69, 9.17) is 11.6 Å². The molecule has 0 heterocycles. The molecule has 2 atom stereocenters. The van der Waals surface area contributed by atoms with E-state index in [1.54, 1.807) is 12.1 Å². The minimum Gasteiger partial charge on any atom is -0.304 e. The van der Waals surface area contributed by atoms with E-state index >= 15 is 0 Å². The van der Waals surface area contributed by atoms with Crippen LogP contribution in [0.5, 0.6) is 0 Å². The van der Waals surface area contributed by atoms with E-state index in [-0.39, 0.29) is 22.9 Å². The van der Waals surface area contributed by atoms with Crippen LogP contribution in [0.2, 0.25) is 5.02 Å². The first-order chi connectivity index (χ1) is 9.47. The maximum absolute atomic E-state index is 13.2. The van der Waals surface area contributed by atoms with Crippen molar-refractivity contribution in [1.29, 1.82) is 0 Å². The average molecular weight is 357 g/mol. The van der Waals surface area contributed by atoms with Crippen LogP contribution < -0.4 is 5.32 Å². The van der Waals surface area contributed by atoms with Gasteiger partial charge < -0.3 is 5.32 Å².